The number of hydrogen-bond acceptors (Lipinski definition) is 5. The molecule has 0 saturated carbocycles. The second kappa shape index (κ2) is 9.38. The van der Waals surface area contributed by atoms with Crippen molar-refractivity contribution < 1.29 is 4.74 Å². The van der Waals surface area contributed by atoms with Gasteiger partial charge in [-0.05, 0) is 47.4 Å². The maximum Gasteiger partial charge on any atom is 0.154 e. The standard InChI is InChI=1S/C32H31N5O/c1-32(2,3)24-15-16-33-30(19-24)37-29-21-27(13-14-28(29)31(34-37)23-9-6-5-7-10-23)38-26-12-8-11-25(20-26)36-18-17-35(4)22-36/h5-21H,22H2,1-4H3. The number of pyridine rings is 1. The zero-order chi connectivity index (χ0) is 26.3. The largest absolute Gasteiger partial charge is 0.457 e. The molecule has 6 rings (SSSR count). The van der Waals surface area contributed by atoms with Crippen LogP contribution in [0.3, 0.4) is 0 Å². The van der Waals surface area contributed by atoms with E-state index in [0.717, 1.165) is 51.8 Å². The van der Waals surface area contributed by atoms with Gasteiger partial charge in [0.1, 0.15) is 17.2 Å². The van der Waals surface area contributed by atoms with E-state index in [2.05, 4.69) is 98.5 Å². The van der Waals surface area contributed by atoms with E-state index in [1.165, 1.54) is 5.56 Å². The van der Waals surface area contributed by atoms with Gasteiger partial charge in [-0.15, -0.1) is 0 Å². The first kappa shape index (κ1) is 23.8. The maximum atomic E-state index is 6.37. The molecule has 3 aromatic carbocycles. The van der Waals surface area contributed by atoms with Gasteiger partial charge in [-0.1, -0.05) is 57.2 Å². The van der Waals surface area contributed by atoms with Crippen LogP contribution in [0.15, 0.2) is 104 Å². The number of fused-ring (bicyclic) bond motifs is 1. The molecular formula is C32H31N5O. The minimum absolute atomic E-state index is 0.00152. The number of rotatable bonds is 5. The van der Waals surface area contributed by atoms with Gasteiger partial charge >= 0.3 is 0 Å². The van der Waals surface area contributed by atoms with E-state index in [1.54, 1.807) is 0 Å². The Kier molecular flexibility index (Phi) is 5.87. The highest BCUT2D eigenvalue weighted by Gasteiger charge is 2.19. The molecule has 0 saturated heterocycles. The third-order valence-electron chi connectivity index (χ3n) is 6.79. The molecule has 0 unspecified atom stereocenters. The van der Waals surface area contributed by atoms with Crippen LogP contribution in [0.25, 0.3) is 28.0 Å². The number of benzene rings is 3. The minimum atomic E-state index is 0.00152. The van der Waals surface area contributed by atoms with Crippen LogP contribution in [-0.4, -0.2) is 33.4 Å². The van der Waals surface area contributed by atoms with Crippen molar-refractivity contribution in [2.45, 2.75) is 26.2 Å². The van der Waals surface area contributed by atoms with Crippen molar-refractivity contribution in [2.75, 3.05) is 18.6 Å². The molecule has 190 valence electrons. The van der Waals surface area contributed by atoms with Gasteiger partial charge in [0, 0.05) is 54.4 Å². The van der Waals surface area contributed by atoms with Gasteiger partial charge in [0.15, 0.2) is 5.82 Å². The molecule has 5 aromatic rings. The highest BCUT2D eigenvalue weighted by atomic mass is 16.5. The lowest BCUT2D eigenvalue weighted by molar-refractivity contribution is 0.481. The van der Waals surface area contributed by atoms with Crippen LogP contribution in [0.1, 0.15) is 26.3 Å². The molecule has 2 aromatic heterocycles. The highest BCUT2D eigenvalue weighted by molar-refractivity contribution is 5.95. The Hall–Kier alpha value is -4.58. The van der Waals surface area contributed by atoms with Gasteiger partial charge in [0.05, 0.1) is 12.2 Å². The summed E-state index contributed by atoms with van der Waals surface area (Å²) in [5.41, 5.74) is 5.22. The van der Waals surface area contributed by atoms with Gasteiger partial charge in [0.2, 0.25) is 0 Å². The summed E-state index contributed by atoms with van der Waals surface area (Å²) in [5, 5.41) is 6.10. The molecule has 6 nitrogen and oxygen atoms in total. The topological polar surface area (TPSA) is 46.4 Å². The Morgan fingerprint density at radius 1 is 0.816 bits per heavy atom. The van der Waals surface area contributed by atoms with Crippen LogP contribution >= 0.6 is 0 Å². The average molecular weight is 502 g/mol. The van der Waals surface area contributed by atoms with E-state index < -0.39 is 0 Å². The summed E-state index contributed by atoms with van der Waals surface area (Å²) in [5.74, 6) is 2.32. The van der Waals surface area contributed by atoms with Crippen molar-refractivity contribution in [1.82, 2.24) is 19.7 Å². The normalized spacial score (nSPS) is 13.5. The Morgan fingerprint density at radius 3 is 2.39 bits per heavy atom. The maximum absolute atomic E-state index is 6.37. The van der Waals surface area contributed by atoms with Gasteiger partial charge in [0.25, 0.3) is 0 Å². The van der Waals surface area contributed by atoms with E-state index in [0.29, 0.717) is 0 Å². The van der Waals surface area contributed by atoms with Crippen LogP contribution in [0.2, 0.25) is 0 Å². The predicted molar refractivity (Wildman–Crippen MR) is 154 cm³/mol. The summed E-state index contributed by atoms with van der Waals surface area (Å²) in [4.78, 5) is 9.02. The summed E-state index contributed by atoms with van der Waals surface area (Å²) in [6.45, 7) is 7.44. The molecule has 0 atom stereocenters. The Labute approximate surface area is 223 Å². The lowest BCUT2D eigenvalue weighted by atomic mass is 9.88. The van der Waals surface area contributed by atoms with E-state index in [-0.39, 0.29) is 5.41 Å². The number of aromatic nitrogens is 3. The van der Waals surface area contributed by atoms with Gasteiger partial charge in [-0.2, -0.15) is 5.10 Å². The zero-order valence-corrected chi connectivity index (χ0v) is 22.2. The van der Waals surface area contributed by atoms with Crippen molar-refractivity contribution >= 4 is 16.6 Å². The predicted octanol–water partition coefficient (Wildman–Crippen LogP) is 7.36. The van der Waals surface area contributed by atoms with E-state index in [1.807, 2.05) is 47.3 Å². The lowest BCUT2D eigenvalue weighted by Gasteiger charge is -2.19. The average Bonchev–Trinajstić information content (AvgIpc) is 3.53. The molecule has 0 spiro atoms. The van der Waals surface area contributed by atoms with Crippen LogP contribution in [0.5, 0.6) is 11.5 Å². The van der Waals surface area contributed by atoms with E-state index in [4.69, 9.17) is 14.8 Å². The fourth-order valence-electron chi connectivity index (χ4n) is 4.70. The van der Waals surface area contributed by atoms with Crippen molar-refractivity contribution in [3.63, 3.8) is 0 Å². The second-order valence-corrected chi connectivity index (χ2v) is 10.7. The highest BCUT2D eigenvalue weighted by Crippen LogP contribution is 2.35. The smallest absolute Gasteiger partial charge is 0.154 e. The summed E-state index contributed by atoms with van der Waals surface area (Å²) in [6, 6.07) is 28.8. The molecule has 1 aliphatic rings. The van der Waals surface area contributed by atoms with Gasteiger partial charge in [-0.3, -0.25) is 0 Å². The SMILES string of the molecule is CN1C=CN(c2cccc(Oc3ccc4c(-c5ccccc5)nn(-c5cc(C(C)(C)C)ccn5)c4c3)c2)C1. The second-order valence-electron chi connectivity index (χ2n) is 10.7. The van der Waals surface area contributed by atoms with Crippen molar-refractivity contribution in [3.8, 4) is 28.6 Å². The van der Waals surface area contributed by atoms with Crippen LogP contribution in [0.4, 0.5) is 5.69 Å². The summed E-state index contributed by atoms with van der Waals surface area (Å²) in [7, 11) is 2.06. The fraction of sp³-hybridized carbons (Fsp3) is 0.188. The molecule has 0 bridgehead atoms. The molecule has 6 heteroatoms. The van der Waals surface area contributed by atoms with Crippen LogP contribution in [-0.2, 0) is 5.41 Å². The van der Waals surface area contributed by atoms with Crippen molar-refractivity contribution in [1.29, 1.82) is 0 Å². The van der Waals surface area contributed by atoms with Gasteiger partial charge in [-0.25, -0.2) is 9.67 Å². The fourth-order valence-corrected chi connectivity index (χ4v) is 4.70. The molecule has 0 amide bonds. The first-order valence-electron chi connectivity index (χ1n) is 12.8. The van der Waals surface area contributed by atoms with E-state index in [9.17, 15) is 0 Å². The Balaban J connectivity index is 1.43. The molecule has 0 aliphatic carbocycles. The zero-order valence-electron chi connectivity index (χ0n) is 22.2. The molecule has 3 heterocycles. The summed E-state index contributed by atoms with van der Waals surface area (Å²) < 4.78 is 8.30. The number of ether oxygens (including phenoxy) is 1. The first-order chi connectivity index (χ1) is 18.3. The third-order valence-corrected chi connectivity index (χ3v) is 6.79. The number of anilines is 1. The number of hydrogen-bond donors (Lipinski definition) is 0. The molecule has 0 radical (unpaired) electrons. The minimum Gasteiger partial charge on any atom is -0.457 e. The van der Waals surface area contributed by atoms with E-state index >= 15 is 0 Å². The Bertz CT molecular complexity index is 1630. The molecular weight excluding hydrogens is 470 g/mol. The monoisotopic (exact) mass is 501 g/mol. The molecule has 0 N–H and O–H groups in total. The summed E-state index contributed by atoms with van der Waals surface area (Å²) in [6.07, 6.45) is 6.00. The quantitative estimate of drug-likeness (QED) is 0.252. The van der Waals surface area contributed by atoms with Crippen LogP contribution < -0.4 is 9.64 Å². The van der Waals surface area contributed by atoms with Crippen molar-refractivity contribution in [2.24, 2.45) is 0 Å². The van der Waals surface area contributed by atoms with Crippen molar-refractivity contribution in [3.05, 3.63) is 109 Å². The Morgan fingerprint density at radius 2 is 1.63 bits per heavy atom. The molecule has 0 fully saturated rings. The third kappa shape index (κ3) is 4.61. The first-order valence-corrected chi connectivity index (χ1v) is 12.8. The summed E-state index contributed by atoms with van der Waals surface area (Å²) >= 11 is 0. The van der Waals surface area contributed by atoms with Crippen LogP contribution in [0, 0.1) is 0 Å². The molecule has 38 heavy (non-hydrogen) atoms. The number of nitrogens with zero attached hydrogens (tertiary/aromatic N) is 5. The lowest BCUT2D eigenvalue weighted by Crippen LogP contribution is -2.21. The van der Waals surface area contributed by atoms with Gasteiger partial charge < -0.3 is 14.5 Å². The molecule has 1 aliphatic heterocycles.